The molecule has 17 heavy (non-hydrogen) atoms. The average molecular weight is 256 g/mol. The van der Waals surface area contributed by atoms with Crippen molar-refractivity contribution in [2.75, 3.05) is 6.54 Å². The van der Waals surface area contributed by atoms with Crippen LogP contribution >= 0.6 is 11.6 Å². The molecule has 1 atom stereocenters. The SMILES string of the molecule is CCC(O)(CNC(C)(C)C)c1cccc(Cl)c1. The summed E-state index contributed by atoms with van der Waals surface area (Å²) in [5.74, 6) is 0. The molecule has 0 heterocycles. The molecule has 0 spiro atoms. The van der Waals surface area contributed by atoms with Crippen molar-refractivity contribution >= 4 is 11.6 Å². The van der Waals surface area contributed by atoms with Gasteiger partial charge in [-0.2, -0.15) is 0 Å². The fourth-order valence-electron chi connectivity index (χ4n) is 1.62. The first-order valence-electron chi connectivity index (χ1n) is 6.00. The normalized spacial score (nSPS) is 15.6. The van der Waals surface area contributed by atoms with E-state index in [0.29, 0.717) is 18.0 Å². The van der Waals surface area contributed by atoms with E-state index in [2.05, 4.69) is 26.1 Å². The number of benzene rings is 1. The van der Waals surface area contributed by atoms with Crippen molar-refractivity contribution in [1.82, 2.24) is 5.32 Å². The van der Waals surface area contributed by atoms with Crippen molar-refractivity contribution in [2.45, 2.75) is 45.3 Å². The molecule has 0 radical (unpaired) electrons. The molecule has 2 nitrogen and oxygen atoms in total. The second-order valence-corrected chi connectivity index (χ2v) is 5.94. The lowest BCUT2D eigenvalue weighted by atomic mass is 9.90. The highest BCUT2D eigenvalue weighted by Crippen LogP contribution is 2.27. The summed E-state index contributed by atoms with van der Waals surface area (Å²) in [6.45, 7) is 8.75. The molecule has 1 unspecified atom stereocenters. The minimum Gasteiger partial charge on any atom is -0.384 e. The molecule has 0 fully saturated rings. The Hall–Kier alpha value is -0.570. The van der Waals surface area contributed by atoms with Crippen LogP contribution in [0, 0.1) is 0 Å². The molecular formula is C14H22ClNO. The molecule has 1 aromatic rings. The van der Waals surface area contributed by atoms with Gasteiger partial charge in [-0.3, -0.25) is 0 Å². The fourth-order valence-corrected chi connectivity index (χ4v) is 1.81. The van der Waals surface area contributed by atoms with Crippen LogP contribution in [0.3, 0.4) is 0 Å². The summed E-state index contributed by atoms with van der Waals surface area (Å²) in [5.41, 5.74) is -0.0100. The summed E-state index contributed by atoms with van der Waals surface area (Å²) in [4.78, 5) is 0. The van der Waals surface area contributed by atoms with E-state index in [9.17, 15) is 5.11 Å². The first-order valence-corrected chi connectivity index (χ1v) is 6.38. The van der Waals surface area contributed by atoms with E-state index in [1.165, 1.54) is 0 Å². The summed E-state index contributed by atoms with van der Waals surface area (Å²) >= 11 is 5.97. The van der Waals surface area contributed by atoms with Gasteiger partial charge in [0.1, 0.15) is 5.60 Å². The molecule has 0 aliphatic rings. The molecule has 0 saturated carbocycles. The van der Waals surface area contributed by atoms with Crippen LogP contribution in [0.2, 0.25) is 5.02 Å². The molecule has 0 bridgehead atoms. The van der Waals surface area contributed by atoms with Crippen molar-refractivity contribution < 1.29 is 5.11 Å². The smallest absolute Gasteiger partial charge is 0.102 e. The maximum Gasteiger partial charge on any atom is 0.102 e. The second-order valence-electron chi connectivity index (χ2n) is 5.50. The number of hydrogen-bond acceptors (Lipinski definition) is 2. The van der Waals surface area contributed by atoms with Crippen molar-refractivity contribution in [3.63, 3.8) is 0 Å². The van der Waals surface area contributed by atoms with Gasteiger partial charge in [0.05, 0.1) is 0 Å². The lowest BCUT2D eigenvalue weighted by Gasteiger charge is -2.32. The highest BCUT2D eigenvalue weighted by Gasteiger charge is 2.28. The third-order valence-corrected chi connectivity index (χ3v) is 3.09. The first kappa shape index (κ1) is 14.5. The zero-order valence-corrected chi connectivity index (χ0v) is 11.8. The molecule has 1 aromatic carbocycles. The molecule has 3 heteroatoms. The Balaban J connectivity index is 2.88. The molecule has 0 aromatic heterocycles. The topological polar surface area (TPSA) is 32.3 Å². The van der Waals surface area contributed by atoms with Crippen LogP contribution in [-0.2, 0) is 5.60 Å². The standard InChI is InChI=1S/C14H22ClNO/c1-5-14(17,10-16-13(2,3)4)11-7-6-8-12(15)9-11/h6-9,16-17H,5,10H2,1-4H3. The van der Waals surface area contributed by atoms with Gasteiger partial charge in [0.2, 0.25) is 0 Å². The lowest BCUT2D eigenvalue weighted by Crippen LogP contribution is -2.45. The monoisotopic (exact) mass is 255 g/mol. The fraction of sp³-hybridized carbons (Fsp3) is 0.571. The van der Waals surface area contributed by atoms with Crippen molar-refractivity contribution in [3.8, 4) is 0 Å². The van der Waals surface area contributed by atoms with Gasteiger partial charge in [-0.15, -0.1) is 0 Å². The molecular weight excluding hydrogens is 234 g/mol. The first-order chi connectivity index (χ1) is 7.77. The second kappa shape index (κ2) is 5.38. The predicted molar refractivity (Wildman–Crippen MR) is 73.4 cm³/mol. The number of β-amino-alcohol motifs (C(OH)–C–C–N with tert-alkyl or cyclic N) is 1. The summed E-state index contributed by atoms with van der Waals surface area (Å²) in [5, 5.41) is 14.7. The Morgan fingerprint density at radius 1 is 1.29 bits per heavy atom. The summed E-state index contributed by atoms with van der Waals surface area (Å²) in [6.07, 6.45) is 0.649. The van der Waals surface area contributed by atoms with E-state index in [1.54, 1.807) is 0 Å². The van der Waals surface area contributed by atoms with Crippen molar-refractivity contribution in [3.05, 3.63) is 34.9 Å². The van der Waals surface area contributed by atoms with Crippen molar-refractivity contribution in [1.29, 1.82) is 0 Å². The Bertz CT molecular complexity index is 373. The van der Waals surface area contributed by atoms with E-state index in [1.807, 2.05) is 31.2 Å². The van der Waals surface area contributed by atoms with Gasteiger partial charge in [-0.25, -0.2) is 0 Å². The van der Waals surface area contributed by atoms with Gasteiger partial charge in [0.25, 0.3) is 0 Å². The molecule has 96 valence electrons. The molecule has 2 N–H and O–H groups in total. The maximum atomic E-state index is 10.7. The minimum absolute atomic E-state index is 0.0122. The van der Waals surface area contributed by atoms with Crippen LogP contribution in [0.25, 0.3) is 0 Å². The van der Waals surface area contributed by atoms with Gasteiger partial charge >= 0.3 is 0 Å². The van der Waals surface area contributed by atoms with Gasteiger partial charge < -0.3 is 10.4 Å². The molecule has 0 saturated heterocycles. The Labute approximate surface area is 109 Å². The van der Waals surface area contributed by atoms with Crippen LogP contribution in [0.15, 0.2) is 24.3 Å². The highest BCUT2D eigenvalue weighted by molar-refractivity contribution is 6.30. The zero-order valence-electron chi connectivity index (χ0n) is 11.0. The molecule has 0 aliphatic heterocycles. The number of halogens is 1. The lowest BCUT2D eigenvalue weighted by molar-refractivity contribution is 0.0266. The maximum absolute atomic E-state index is 10.7. The van der Waals surface area contributed by atoms with E-state index < -0.39 is 5.60 Å². The van der Waals surface area contributed by atoms with E-state index in [0.717, 1.165) is 5.56 Å². The van der Waals surface area contributed by atoms with E-state index in [4.69, 9.17) is 11.6 Å². The van der Waals surface area contributed by atoms with Crippen LogP contribution in [-0.4, -0.2) is 17.2 Å². The number of rotatable bonds is 4. The van der Waals surface area contributed by atoms with Gasteiger partial charge in [-0.05, 0) is 44.9 Å². The number of hydrogen-bond donors (Lipinski definition) is 2. The third-order valence-electron chi connectivity index (χ3n) is 2.86. The highest BCUT2D eigenvalue weighted by atomic mass is 35.5. The van der Waals surface area contributed by atoms with Gasteiger partial charge in [0, 0.05) is 17.1 Å². The zero-order chi connectivity index (χ0) is 13.1. The predicted octanol–water partition coefficient (Wildman–Crippen LogP) is 3.33. The van der Waals surface area contributed by atoms with Crippen LogP contribution in [0.1, 0.15) is 39.7 Å². The largest absolute Gasteiger partial charge is 0.384 e. The van der Waals surface area contributed by atoms with E-state index >= 15 is 0 Å². The molecule has 0 aliphatic carbocycles. The van der Waals surface area contributed by atoms with E-state index in [-0.39, 0.29) is 5.54 Å². The van der Waals surface area contributed by atoms with Gasteiger partial charge in [0.15, 0.2) is 0 Å². The van der Waals surface area contributed by atoms with Crippen LogP contribution in [0.4, 0.5) is 0 Å². The number of aliphatic hydroxyl groups is 1. The Morgan fingerprint density at radius 2 is 1.94 bits per heavy atom. The summed E-state index contributed by atoms with van der Waals surface area (Å²) in [6, 6.07) is 7.43. The molecule has 1 rings (SSSR count). The van der Waals surface area contributed by atoms with Crippen molar-refractivity contribution in [2.24, 2.45) is 0 Å². The summed E-state index contributed by atoms with van der Waals surface area (Å²) in [7, 11) is 0. The Kier molecular flexibility index (Phi) is 4.59. The van der Waals surface area contributed by atoms with Gasteiger partial charge in [-0.1, -0.05) is 30.7 Å². The molecule has 0 amide bonds. The Morgan fingerprint density at radius 3 is 2.41 bits per heavy atom. The van der Waals surface area contributed by atoms with Crippen LogP contribution in [0.5, 0.6) is 0 Å². The number of nitrogens with one attached hydrogen (secondary N) is 1. The average Bonchev–Trinajstić information content (AvgIpc) is 2.25. The summed E-state index contributed by atoms with van der Waals surface area (Å²) < 4.78 is 0. The third kappa shape index (κ3) is 4.30. The van der Waals surface area contributed by atoms with Crippen LogP contribution < -0.4 is 5.32 Å². The minimum atomic E-state index is -0.863. The quantitative estimate of drug-likeness (QED) is 0.865.